The van der Waals surface area contributed by atoms with Gasteiger partial charge >= 0.3 is 6.18 Å². The van der Waals surface area contributed by atoms with Gasteiger partial charge in [-0.05, 0) is 42.2 Å². The zero-order chi connectivity index (χ0) is 25.9. The summed E-state index contributed by atoms with van der Waals surface area (Å²) in [6.07, 6.45) is -0.290. The first-order valence-electron chi connectivity index (χ1n) is 10.7. The molecule has 1 aliphatic heterocycles. The van der Waals surface area contributed by atoms with Gasteiger partial charge in [-0.25, -0.2) is 4.98 Å². The van der Waals surface area contributed by atoms with Crippen LogP contribution in [0, 0.1) is 11.3 Å². The maximum absolute atomic E-state index is 13.5. The topological polar surface area (TPSA) is 105 Å². The molecule has 0 saturated carbocycles. The molecule has 36 heavy (non-hydrogen) atoms. The van der Waals surface area contributed by atoms with Crippen molar-refractivity contribution in [2.75, 3.05) is 30.1 Å². The number of anilines is 2. The number of halogens is 3. The number of nitrogens with two attached hydrogens (primary N) is 1. The Bertz CT molecular complexity index is 1370. The lowest BCUT2D eigenvalue weighted by molar-refractivity contribution is -0.141. The monoisotopic (exact) mass is 511 g/mol. The second-order valence-corrected chi connectivity index (χ2v) is 8.63. The molecule has 0 fully saturated rings. The molecule has 0 radical (unpaired) electrons. The molecule has 0 unspecified atom stereocenters. The van der Waals surface area contributed by atoms with E-state index in [1.807, 2.05) is 6.26 Å². The molecule has 1 amide bonds. The number of nitriles is 1. The lowest BCUT2D eigenvalue weighted by atomic mass is 9.99. The number of aromatic nitrogens is 2. The third kappa shape index (κ3) is 5.19. The number of hydrogen-bond donors (Lipinski definition) is 1. The van der Waals surface area contributed by atoms with Gasteiger partial charge in [0.25, 0.3) is 5.91 Å². The van der Waals surface area contributed by atoms with Gasteiger partial charge in [0.05, 0.1) is 42.7 Å². The van der Waals surface area contributed by atoms with Crippen molar-refractivity contribution in [1.82, 2.24) is 9.97 Å². The highest BCUT2D eigenvalue weighted by Gasteiger charge is 2.32. The number of nitrogen functional groups attached to an aromatic ring is 1. The largest absolute Gasteiger partial charge is 0.433 e. The van der Waals surface area contributed by atoms with Crippen LogP contribution in [-0.4, -0.2) is 35.3 Å². The van der Waals surface area contributed by atoms with Crippen LogP contribution in [0.3, 0.4) is 0 Å². The molecule has 3 aromatic rings. The molecular formula is C25H20F3N5O2S. The van der Waals surface area contributed by atoms with Crippen molar-refractivity contribution in [3.63, 3.8) is 0 Å². The number of pyridine rings is 2. The van der Waals surface area contributed by atoms with Gasteiger partial charge in [0, 0.05) is 29.2 Å². The zero-order valence-electron chi connectivity index (χ0n) is 19.0. The maximum Gasteiger partial charge on any atom is 0.433 e. The summed E-state index contributed by atoms with van der Waals surface area (Å²) in [5.41, 5.74) is 8.73. The SMILES string of the molecule is CSc1ncccc1N(Cc1ccc(C2=C(C#N)COC2)c(N)c1)C(=O)c1ccc(C(F)(F)F)nc1. The van der Waals surface area contributed by atoms with E-state index in [1.165, 1.54) is 16.7 Å². The second kappa shape index (κ2) is 10.4. The van der Waals surface area contributed by atoms with Crippen LogP contribution in [0.5, 0.6) is 0 Å². The van der Waals surface area contributed by atoms with Crippen molar-refractivity contribution in [2.45, 2.75) is 17.7 Å². The van der Waals surface area contributed by atoms with Gasteiger partial charge in [-0.3, -0.25) is 9.78 Å². The average Bonchev–Trinajstić information content (AvgIpc) is 3.35. The van der Waals surface area contributed by atoms with E-state index < -0.39 is 17.8 Å². The third-order valence-corrected chi connectivity index (χ3v) is 6.26. The van der Waals surface area contributed by atoms with Crippen LogP contribution in [0.25, 0.3) is 5.57 Å². The first kappa shape index (κ1) is 25.2. The number of hydrogen-bond acceptors (Lipinski definition) is 7. The van der Waals surface area contributed by atoms with E-state index in [0.717, 1.165) is 23.9 Å². The van der Waals surface area contributed by atoms with Crippen molar-refractivity contribution in [1.29, 1.82) is 5.26 Å². The van der Waals surface area contributed by atoms with Gasteiger partial charge in [0.2, 0.25) is 0 Å². The predicted molar refractivity (Wildman–Crippen MR) is 130 cm³/mol. The fourth-order valence-corrected chi connectivity index (χ4v) is 4.35. The minimum absolute atomic E-state index is 0.00424. The standard InChI is InChI=1S/C25H20F3N5O2S/c1-36-23-21(3-2-8-31-23)33(24(34)16-5-7-22(32-11-16)25(26,27)28)12-15-4-6-18(20(30)9-15)19-14-35-13-17(19)10-29/h2-9,11H,12-14,30H2,1H3. The van der Waals surface area contributed by atoms with Crippen LogP contribution >= 0.6 is 11.8 Å². The van der Waals surface area contributed by atoms with Gasteiger partial charge < -0.3 is 15.4 Å². The second-order valence-electron chi connectivity index (χ2n) is 7.84. The van der Waals surface area contributed by atoms with E-state index in [2.05, 4.69) is 16.0 Å². The Morgan fingerprint density at radius 1 is 1.22 bits per heavy atom. The number of carbonyl (C=O) groups is 1. The summed E-state index contributed by atoms with van der Waals surface area (Å²) in [5, 5.41) is 9.89. The summed E-state index contributed by atoms with van der Waals surface area (Å²) in [6.45, 7) is 0.587. The van der Waals surface area contributed by atoms with Gasteiger partial charge in [-0.15, -0.1) is 11.8 Å². The number of alkyl halides is 3. The Morgan fingerprint density at radius 3 is 2.67 bits per heavy atom. The lowest BCUT2D eigenvalue weighted by Gasteiger charge is -2.25. The average molecular weight is 512 g/mol. The number of benzene rings is 1. The highest BCUT2D eigenvalue weighted by atomic mass is 32.2. The molecule has 1 aliphatic rings. The molecule has 0 bridgehead atoms. The number of carbonyl (C=O) groups excluding carboxylic acids is 1. The van der Waals surface area contributed by atoms with Crippen molar-refractivity contribution in [2.24, 2.45) is 0 Å². The summed E-state index contributed by atoms with van der Waals surface area (Å²) in [7, 11) is 0. The highest BCUT2D eigenvalue weighted by Crippen LogP contribution is 2.33. The van der Waals surface area contributed by atoms with E-state index in [0.29, 0.717) is 33.1 Å². The van der Waals surface area contributed by atoms with Gasteiger partial charge in [0.1, 0.15) is 10.7 Å². The number of thioether (sulfide) groups is 1. The smallest absolute Gasteiger partial charge is 0.398 e. The fraction of sp³-hybridized carbons (Fsp3) is 0.200. The molecule has 4 rings (SSSR count). The van der Waals surface area contributed by atoms with E-state index in [1.54, 1.807) is 36.5 Å². The van der Waals surface area contributed by atoms with E-state index in [4.69, 9.17) is 10.5 Å². The fourth-order valence-electron chi connectivity index (χ4n) is 3.79. The first-order chi connectivity index (χ1) is 17.2. The summed E-state index contributed by atoms with van der Waals surface area (Å²) in [5.74, 6) is -0.541. The highest BCUT2D eigenvalue weighted by molar-refractivity contribution is 7.98. The molecule has 1 aromatic carbocycles. The predicted octanol–water partition coefficient (Wildman–Crippen LogP) is 4.95. The Labute approximate surface area is 209 Å². The summed E-state index contributed by atoms with van der Waals surface area (Å²) in [4.78, 5) is 22.7. The molecule has 2 N–H and O–H groups in total. The molecule has 7 nitrogen and oxygen atoms in total. The molecule has 11 heteroatoms. The van der Waals surface area contributed by atoms with Gasteiger partial charge in [-0.2, -0.15) is 18.4 Å². The molecule has 3 heterocycles. The number of nitrogens with zero attached hydrogens (tertiary/aromatic N) is 4. The van der Waals surface area contributed by atoms with E-state index in [-0.39, 0.29) is 25.3 Å². The van der Waals surface area contributed by atoms with Crippen LogP contribution < -0.4 is 10.6 Å². The van der Waals surface area contributed by atoms with Crippen molar-refractivity contribution < 1.29 is 22.7 Å². The molecule has 0 aliphatic carbocycles. The Kier molecular flexibility index (Phi) is 7.28. The summed E-state index contributed by atoms with van der Waals surface area (Å²) < 4.78 is 44.2. The molecule has 0 atom stereocenters. The molecule has 184 valence electrons. The van der Waals surface area contributed by atoms with Crippen LogP contribution in [0.15, 0.2) is 65.5 Å². The maximum atomic E-state index is 13.5. The third-order valence-electron chi connectivity index (χ3n) is 5.56. The summed E-state index contributed by atoms with van der Waals surface area (Å²) >= 11 is 1.33. The van der Waals surface area contributed by atoms with Gasteiger partial charge in [0.15, 0.2) is 0 Å². The van der Waals surface area contributed by atoms with Crippen LogP contribution in [0.4, 0.5) is 24.5 Å². The Morgan fingerprint density at radius 2 is 2.03 bits per heavy atom. The Hall–Kier alpha value is -3.88. The normalized spacial score (nSPS) is 13.5. The molecular weight excluding hydrogens is 491 g/mol. The van der Waals surface area contributed by atoms with E-state index in [9.17, 15) is 23.2 Å². The summed E-state index contributed by atoms with van der Waals surface area (Å²) in [6, 6.07) is 12.7. The zero-order valence-corrected chi connectivity index (χ0v) is 19.9. The number of amides is 1. The van der Waals surface area contributed by atoms with Crippen molar-refractivity contribution >= 4 is 34.6 Å². The Balaban J connectivity index is 1.70. The molecule has 0 saturated heterocycles. The molecule has 2 aromatic heterocycles. The van der Waals surface area contributed by atoms with Crippen molar-refractivity contribution in [3.05, 3.63) is 82.8 Å². The van der Waals surface area contributed by atoms with Crippen molar-refractivity contribution in [3.8, 4) is 6.07 Å². The van der Waals surface area contributed by atoms with Crippen LogP contribution in [0.2, 0.25) is 0 Å². The van der Waals surface area contributed by atoms with Crippen LogP contribution in [-0.2, 0) is 17.5 Å². The number of ether oxygens (including phenoxy) is 1. The quantitative estimate of drug-likeness (QED) is 0.369. The minimum atomic E-state index is -4.61. The lowest BCUT2D eigenvalue weighted by Crippen LogP contribution is -2.31. The number of rotatable bonds is 6. The molecule has 0 spiro atoms. The first-order valence-corrected chi connectivity index (χ1v) is 11.9. The van der Waals surface area contributed by atoms with Gasteiger partial charge in [-0.1, -0.05) is 12.1 Å². The minimum Gasteiger partial charge on any atom is -0.398 e. The van der Waals surface area contributed by atoms with E-state index >= 15 is 0 Å². The van der Waals surface area contributed by atoms with Crippen LogP contribution in [0.1, 0.15) is 27.2 Å².